The van der Waals surface area contributed by atoms with Gasteiger partial charge in [-0.05, 0) is 52.1 Å². The van der Waals surface area contributed by atoms with Crippen LogP contribution in [0.3, 0.4) is 0 Å². The van der Waals surface area contributed by atoms with Crippen molar-refractivity contribution in [3.05, 3.63) is 0 Å². The van der Waals surface area contributed by atoms with Crippen molar-refractivity contribution in [1.29, 1.82) is 0 Å². The minimum Gasteiger partial charge on any atom is -0.377 e. The van der Waals surface area contributed by atoms with E-state index in [2.05, 4.69) is 24.1 Å². The summed E-state index contributed by atoms with van der Waals surface area (Å²) in [5, 5.41) is 3.74. The highest BCUT2D eigenvalue weighted by molar-refractivity contribution is 4.92. The van der Waals surface area contributed by atoms with Gasteiger partial charge in [-0.2, -0.15) is 0 Å². The molecule has 1 saturated heterocycles. The third-order valence-corrected chi connectivity index (χ3v) is 4.42. The minimum absolute atomic E-state index is 0.483. The first-order valence-electron chi connectivity index (χ1n) is 7.94. The van der Waals surface area contributed by atoms with Crippen LogP contribution in [0, 0.1) is 0 Å². The second kappa shape index (κ2) is 7.46. The topological polar surface area (TPSA) is 24.5 Å². The van der Waals surface area contributed by atoms with E-state index in [1.807, 2.05) is 0 Å². The molecule has 18 heavy (non-hydrogen) atoms. The molecule has 0 aromatic rings. The quantitative estimate of drug-likeness (QED) is 0.788. The van der Waals surface area contributed by atoms with Gasteiger partial charge in [0, 0.05) is 25.2 Å². The van der Waals surface area contributed by atoms with Gasteiger partial charge in [-0.1, -0.05) is 13.3 Å². The molecule has 0 spiro atoms. The van der Waals surface area contributed by atoms with E-state index in [0.29, 0.717) is 6.10 Å². The molecule has 1 aliphatic heterocycles. The molecule has 0 radical (unpaired) electrons. The maximum absolute atomic E-state index is 5.83. The lowest BCUT2D eigenvalue weighted by Gasteiger charge is -2.39. The molecule has 1 heterocycles. The van der Waals surface area contributed by atoms with Gasteiger partial charge < -0.3 is 10.1 Å². The molecule has 1 N–H and O–H groups in total. The standard InChI is InChI=1S/C15H30N2O/c1-3-10-16-14-8-5-9-15(14)17-11-6-7-13(12-17)18-4-2/h13-16H,3-12H2,1-2H3. The van der Waals surface area contributed by atoms with Crippen LogP contribution in [-0.2, 0) is 4.74 Å². The van der Waals surface area contributed by atoms with Gasteiger partial charge in [0.1, 0.15) is 0 Å². The summed E-state index contributed by atoms with van der Waals surface area (Å²) >= 11 is 0. The number of likely N-dealkylation sites (tertiary alicyclic amines) is 1. The predicted molar refractivity (Wildman–Crippen MR) is 75.9 cm³/mol. The van der Waals surface area contributed by atoms with E-state index in [1.165, 1.54) is 51.6 Å². The number of nitrogens with one attached hydrogen (secondary N) is 1. The fraction of sp³-hybridized carbons (Fsp3) is 1.00. The highest BCUT2D eigenvalue weighted by atomic mass is 16.5. The first-order chi connectivity index (χ1) is 8.85. The van der Waals surface area contributed by atoms with Crippen LogP contribution in [0.2, 0.25) is 0 Å². The number of nitrogens with zero attached hydrogens (tertiary/aromatic N) is 1. The summed E-state index contributed by atoms with van der Waals surface area (Å²) in [4.78, 5) is 2.70. The van der Waals surface area contributed by atoms with Gasteiger partial charge in [-0.25, -0.2) is 0 Å². The molecule has 1 saturated carbocycles. The van der Waals surface area contributed by atoms with Crippen molar-refractivity contribution in [2.45, 2.75) is 70.6 Å². The van der Waals surface area contributed by atoms with Crippen molar-refractivity contribution in [2.75, 3.05) is 26.2 Å². The highest BCUT2D eigenvalue weighted by Gasteiger charge is 2.34. The predicted octanol–water partition coefficient (Wildman–Crippen LogP) is 2.41. The molecule has 0 bridgehead atoms. The smallest absolute Gasteiger partial charge is 0.0702 e. The Kier molecular flexibility index (Phi) is 5.93. The molecule has 0 aromatic heterocycles. The molecule has 3 atom stereocenters. The largest absolute Gasteiger partial charge is 0.377 e. The number of ether oxygens (including phenoxy) is 1. The van der Waals surface area contributed by atoms with E-state index in [9.17, 15) is 0 Å². The number of hydrogen-bond acceptors (Lipinski definition) is 3. The Labute approximate surface area is 112 Å². The molecule has 0 amide bonds. The summed E-state index contributed by atoms with van der Waals surface area (Å²) in [6.45, 7) is 8.83. The van der Waals surface area contributed by atoms with Gasteiger partial charge in [0.15, 0.2) is 0 Å². The van der Waals surface area contributed by atoms with Gasteiger partial charge in [-0.3, -0.25) is 4.90 Å². The molecular formula is C15H30N2O. The Bertz CT molecular complexity index is 233. The fourth-order valence-electron chi connectivity index (χ4n) is 3.58. The van der Waals surface area contributed by atoms with Crippen LogP contribution >= 0.6 is 0 Å². The zero-order chi connectivity index (χ0) is 12.8. The monoisotopic (exact) mass is 254 g/mol. The lowest BCUT2D eigenvalue weighted by molar-refractivity contribution is -0.00984. The second-order valence-electron chi connectivity index (χ2n) is 5.77. The Balaban J connectivity index is 1.84. The molecule has 3 unspecified atom stereocenters. The van der Waals surface area contributed by atoms with Crippen molar-refractivity contribution in [3.8, 4) is 0 Å². The van der Waals surface area contributed by atoms with E-state index in [1.54, 1.807) is 0 Å². The second-order valence-corrected chi connectivity index (χ2v) is 5.77. The molecule has 0 aromatic carbocycles. The summed E-state index contributed by atoms with van der Waals surface area (Å²) in [5.74, 6) is 0. The van der Waals surface area contributed by atoms with Crippen molar-refractivity contribution < 1.29 is 4.74 Å². The van der Waals surface area contributed by atoms with Gasteiger partial charge >= 0.3 is 0 Å². The fourth-order valence-corrected chi connectivity index (χ4v) is 3.58. The van der Waals surface area contributed by atoms with Crippen LogP contribution in [0.4, 0.5) is 0 Å². The normalized spacial score (nSPS) is 34.0. The maximum atomic E-state index is 5.83. The average molecular weight is 254 g/mol. The zero-order valence-corrected chi connectivity index (χ0v) is 12.2. The van der Waals surface area contributed by atoms with Crippen LogP contribution < -0.4 is 5.32 Å². The van der Waals surface area contributed by atoms with Gasteiger partial charge in [-0.15, -0.1) is 0 Å². The number of hydrogen-bond donors (Lipinski definition) is 1. The minimum atomic E-state index is 0.483. The van der Waals surface area contributed by atoms with Crippen molar-refractivity contribution in [2.24, 2.45) is 0 Å². The van der Waals surface area contributed by atoms with E-state index in [4.69, 9.17) is 4.74 Å². The molecule has 106 valence electrons. The third-order valence-electron chi connectivity index (χ3n) is 4.42. The lowest BCUT2D eigenvalue weighted by Crippen LogP contribution is -2.52. The Morgan fingerprint density at radius 3 is 2.83 bits per heavy atom. The maximum Gasteiger partial charge on any atom is 0.0702 e. The van der Waals surface area contributed by atoms with Crippen LogP contribution in [0.1, 0.15) is 52.4 Å². The zero-order valence-electron chi connectivity index (χ0n) is 12.2. The van der Waals surface area contributed by atoms with Crippen LogP contribution in [-0.4, -0.2) is 49.3 Å². The van der Waals surface area contributed by atoms with E-state index < -0.39 is 0 Å². The van der Waals surface area contributed by atoms with Crippen molar-refractivity contribution in [3.63, 3.8) is 0 Å². The lowest BCUT2D eigenvalue weighted by atomic mass is 10.0. The molecule has 3 heteroatoms. The Morgan fingerprint density at radius 1 is 1.17 bits per heavy atom. The van der Waals surface area contributed by atoms with Gasteiger partial charge in [0.25, 0.3) is 0 Å². The van der Waals surface area contributed by atoms with Crippen molar-refractivity contribution in [1.82, 2.24) is 10.2 Å². The molecular weight excluding hydrogens is 224 g/mol. The summed E-state index contributed by atoms with van der Waals surface area (Å²) < 4.78 is 5.83. The summed E-state index contributed by atoms with van der Waals surface area (Å²) in [5.41, 5.74) is 0. The van der Waals surface area contributed by atoms with Gasteiger partial charge in [0.05, 0.1) is 6.10 Å². The van der Waals surface area contributed by atoms with Gasteiger partial charge in [0.2, 0.25) is 0 Å². The first-order valence-corrected chi connectivity index (χ1v) is 7.94. The number of rotatable bonds is 6. The van der Waals surface area contributed by atoms with E-state index in [-0.39, 0.29) is 0 Å². The highest BCUT2D eigenvalue weighted by Crippen LogP contribution is 2.27. The Morgan fingerprint density at radius 2 is 2.06 bits per heavy atom. The molecule has 2 fully saturated rings. The van der Waals surface area contributed by atoms with Crippen LogP contribution in [0.15, 0.2) is 0 Å². The Hall–Kier alpha value is -0.120. The van der Waals surface area contributed by atoms with Crippen LogP contribution in [0.25, 0.3) is 0 Å². The average Bonchev–Trinajstić information content (AvgIpc) is 2.85. The van der Waals surface area contributed by atoms with Crippen LogP contribution in [0.5, 0.6) is 0 Å². The first kappa shape index (κ1) is 14.3. The van der Waals surface area contributed by atoms with E-state index in [0.717, 1.165) is 25.2 Å². The number of piperidine rings is 1. The summed E-state index contributed by atoms with van der Waals surface area (Å²) in [7, 11) is 0. The summed E-state index contributed by atoms with van der Waals surface area (Å²) in [6.07, 6.45) is 8.41. The summed E-state index contributed by atoms with van der Waals surface area (Å²) in [6, 6.07) is 1.49. The molecule has 2 rings (SSSR count). The molecule has 1 aliphatic carbocycles. The SMILES string of the molecule is CCCNC1CCCC1N1CCCC(OCC)C1. The molecule has 2 aliphatic rings. The molecule has 3 nitrogen and oxygen atoms in total. The van der Waals surface area contributed by atoms with Crippen molar-refractivity contribution >= 4 is 0 Å². The third kappa shape index (κ3) is 3.69. The van der Waals surface area contributed by atoms with E-state index >= 15 is 0 Å².